The Labute approximate surface area is 116 Å². The summed E-state index contributed by atoms with van der Waals surface area (Å²) in [5, 5.41) is 14.5. The molecule has 0 rings (SSSR count). The quantitative estimate of drug-likeness (QED) is 0.635. The molecule has 0 bridgehead atoms. The van der Waals surface area contributed by atoms with Crippen molar-refractivity contribution in [2.75, 3.05) is 6.54 Å². The summed E-state index contributed by atoms with van der Waals surface area (Å²) in [6.45, 7) is 10.4. The zero-order valence-corrected chi connectivity index (χ0v) is 12.7. The van der Waals surface area contributed by atoms with Gasteiger partial charge in [0.15, 0.2) is 0 Å². The van der Waals surface area contributed by atoms with E-state index in [-0.39, 0.29) is 23.9 Å². The molecule has 0 aliphatic rings. The maximum Gasteiger partial charge on any atom is 0.315 e. The number of nitrogens with one attached hydrogen (secondary N) is 2. The summed E-state index contributed by atoms with van der Waals surface area (Å²) in [5.41, 5.74) is -0.246. The first kappa shape index (κ1) is 17.7. The molecule has 0 aromatic heterocycles. The molecule has 112 valence electrons. The van der Waals surface area contributed by atoms with E-state index in [9.17, 15) is 9.59 Å². The molecule has 1 atom stereocenters. The summed E-state index contributed by atoms with van der Waals surface area (Å²) in [4.78, 5) is 22.5. The van der Waals surface area contributed by atoms with Crippen LogP contribution in [0.5, 0.6) is 0 Å². The van der Waals surface area contributed by atoms with E-state index < -0.39 is 5.97 Å². The third kappa shape index (κ3) is 9.33. The number of urea groups is 1. The Morgan fingerprint density at radius 2 is 1.84 bits per heavy atom. The Morgan fingerprint density at radius 1 is 1.26 bits per heavy atom. The minimum atomic E-state index is -0.818. The maximum absolute atomic E-state index is 11.7. The van der Waals surface area contributed by atoms with Gasteiger partial charge in [-0.05, 0) is 38.5 Å². The highest BCUT2D eigenvalue weighted by Gasteiger charge is 2.20. The van der Waals surface area contributed by atoms with Crippen molar-refractivity contribution in [2.45, 2.75) is 59.4 Å². The SMILES string of the molecule is CCC(C)(C)NC(=O)NC[C@H](CC(=O)O)CC(C)C. The van der Waals surface area contributed by atoms with Gasteiger partial charge in [-0.3, -0.25) is 4.79 Å². The lowest BCUT2D eigenvalue weighted by molar-refractivity contribution is -0.138. The van der Waals surface area contributed by atoms with Gasteiger partial charge in [0, 0.05) is 18.5 Å². The van der Waals surface area contributed by atoms with Crippen molar-refractivity contribution in [2.24, 2.45) is 11.8 Å². The molecular formula is C14H28N2O3. The molecule has 0 radical (unpaired) electrons. The van der Waals surface area contributed by atoms with Crippen molar-refractivity contribution in [1.82, 2.24) is 10.6 Å². The summed E-state index contributed by atoms with van der Waals surface area (Å²) in [7, 11) is 0. The largest absolute Gasteiger partial charge is 0.481 e. The van der Waals surface area contributed by atoms with Gasteiger partial charge in [0.2, 0.25) is 0 Å². The molecule has 0 aliphatic heterocycles. The van der Waals surface area contributed by atoms with Crippen LogP contribution in [0.3, 0.4) is 0 Å². The van der Waals surface area contributed by atoms with Crippen LogP contribution in [0.25, 0.3) is 0 Å². The first-order chi connectivity index (χ1) is 8.66. The van der Waals surface area contributed by atoms with E-state index in [1.807, 2.05) is 20.8 Å². The molecule has 0 saturated carbocycles. The Morgan fingerprint density at radius 3 is 2.26 bits per heavy atom. The monoisotopic (exact) mass is 272 g/mol. The minimum Gasteiger partial charge on any atom is -0.481 e. The maximum atomic E-state index is 11.7. The van der Waals surface area contributed by atoms with E-state index >= 15 is 0 Å². The van der Waals surface area contributed by atoms with Gasteiger partial charge in [0.1, 0.15) is 0 Å². The van der Waals surface area contributed by atoms with Gasteiger partial charge in [-0.2, -0.15) is 0 Å². The number of carboxylic acid groups (broad SMARTS) is 1. The van der Waals surface area contributed by atoms with Gasteiger partial charge in [-0.25, -0.2) is 4.79 Å². The lowest BCUT2D eigenvalue weighted by Gasteiger charge is -2.25. The first-order valence-electron chi connectivity index (χ1n) is 6.94. The topological polar surface area (TPSA) is 78.4 Å². The normalized spacial score (nSPS) is 13.2. The second-order valence-electron chi connectivity index (χ2n) is 6.17. The van der Waals surface area contributed by atoms with Gasteiger partial charge >= 0.3 is 12.0 Å². The number of hydrogen-bond acceptors (Lipinski definition) is 2. The van der Waals surface area contributed by atoms with Crippen molar-refractivity contribution in [3.8, 4) is 0 Å². The first-order valence-corrected chi connectivity index (χ1v) is 6.94. The summed E-state index contributed by atoms with van der Waals surface area (Å²) in [5.74, 6) is -0.420. The molecule has 0 spiro atoms. The fourth-order valence-corrected chi connectivity index (χ4v) is 1.83. The third-order valence-corrected chi connectivity index (χ3v) is 3.16. The van der Waals surface area contributed by atoms with Crippen molar-refractivity contribution < 1.29 is 14.7 Å². The number of rotatable bonds is 8. The number of amides is 2. The van der Waals surface area contributed by atoms with E-state index in [1.165, 1.54) is 0 Å². The fourth-order valence-electron chi connectivity index (χ4n) is 1.83. The minimum absolute atomic E-state index is 0.0204. The van der Waals surface area contributed by atoms with Gasteiger partial charge in [0.05, 0.1) is 0 Å². The van der Waals surface area contributed by atoms with E-state index in [1.54, 1.807) is 0 Å². The highest BCUT2D eigenvalue weighted by Crippen LogP contribution is 2.14. The van der Waals surface area contributed by atoms with Gasteiger partial charge in [-0.15, -0.1) is 0 Å². The average Bonchev–Trinajstić information content (AvgIpc) is 2.24. The second kappa shape index (κ2) is 8.02. The average molecular weight is 272 g/mol. The van der Waals surface area contributed by atoms with Crippen LogP contribution >= 0.6 is 0 Å². The highest BCUT2D eigenvalue weighted by molar-refractivity contribution is 5.74. The molecule has 19 heavy (non-hydrogen) atoms. The van der Waals surface area contributed by atoms with Crippen molar-refractivity contribution in [3.05, 3.63) is 0 Å². The van der Waals surface area contributed by atoms with Crippen LogP contribution in [0, 0.1) is 11.8 Å². The van der Waals surface area contributed by atoms with Crippen LogP contribution in [-0.4, -0.2) is 29.2 Å². The predicted molar refractivity (Wildman–Crippen MR) is 76.1 cm³/mol. The molecule has 0 aromatic rings. The molecule has 5 heteroatoms. The van der Waals surface area contributed by atoms with Crippen molar-refractivity contribution >= 4 is 12.0 Å². The highest BCUT2D eigenvalue weighted by atomic mass is 16.4. The van der Waals surface area contributed by atoms with Crippen LogP contribution in [0.1, 0.15) is 53.9 Å². The van der Waals surface area contributed by atoms with Gasteiger partial charge in [0.25, 0.3) is 0 Å². The molecule has 0 heterocycles. The molecule has 0 aromatic carbocycles. The van der Waals surface area contributed by atoms with Crippen LogP contribution in [-0.2, 0) is 4.79 Å². The number of carbonyl (C=O) groups is 2. The number of hydrogen-bond donors (Lipinski definition) is 3. The standard InChI is InChI=1S/C14H28N2O3/c1-6-14(4,5)16-13(19)15-9-11(7-10(2)3)8-12(17)18/h10-11H,6-9H2,1-5H3,(H,17,18)(H2,15,16,19)/t11-/m0/s1. The molecule has 0 aliphatic carbocycles. The molecular weight excluding hydrogens is 244 g/mol. The smallest absolute Gasteiger partial charge is 0.315 e. The second-order valence-corrected chi connectivity index (χ2v) is 6.17. The van der Waals surface area contributed by atoms with Gasteiger partial charge < -0.3 is 15.7 Å². The molecule has 3 N–H and O–H groups in total. The number of carbonyl (C=O) groups excluding carboxylic acids is 1. The van der Waals surface area contributed by atoms with Crippen LogP contribution < -0.4 is 10.6 Å². The Kier molecular flexibility index (Phi) is 7.49. The van der Waals surface area contributed by atoms with Crippen LogP contribution in [0.2, 0.25) is 0 Å². The zero-order chi connectivity index (χ0) is 15.1. The summed E-state index contributed by atoms with van der Waals surface area (Å²) >= 11 is 0. The Bertz CT molecular complexity index is 301. The number of carboxylic acids is 1. The zero-order valence-electron chi connectivity index (χ0n) is 12.7. The predicted octanol–water partition coefficient (Wildman–Crippen LogP) is 2.61. The van der Waals surface area contributed by atoms with Crippen LogP contribution in [0.15, 0.2) is 0 Å². The molecule has 0 saturated heterocycles. The van der Waals surface area contributed by atoms with E-state index in [4.69, 9.17) is 5.11 Å². The van der Waals surface area contributed by atoms with Crippen LogP contribution in [0.4, 0.5) is 4.79 Å². The molecule has 0 unspecified atom stereocenters. The molecule has 5 nitrogen and oxygen atoms in total. The summed E-state index contributed by atoms with van der Waals surface area (Å²) in [6.07, 6.45) is 1.73. The summed E-state index contributed by atoms with van der Waals surface area (Å²) in [6, 6.07) is -0.231. The Balaban J connectivity index is 4.23. The van der Waals surface area contributed by atoms with E-state index in [2.05, 4.69) is 24.5 Å². The lowest BCUT2D eigenvalue weighted by Crippen LogP contribution is -2.49. The lowest BCUT2D eigenvalue weighted by atomic mass is 9.94. The number of aliphatic carboxylic acids is 1. The third-order valence-electron chi connectivity index (χ3n) is 3.16. The van der Waals surface area contributed by atoms with Crippen molar-refractivity contribution in [3.63, 3.8) is 0 Å². The van der Waals surface area contributed by atoms with E-state index in [0.717, 1.165) is 12.8 Å². The van der Waals surface area contributed by atoms with E-state index in [0.29, 0.717) is 12.5 Å². The summed E-state index contributed by atoms with van der Waals surface area (Å²) < 4.78 is 0. The molecule has 0 fully saturated rings. The molecule has 2 amide bonds. The van der Waals surface area contributed by atoms with Gasteiger partial charge in [-0.1, -0.05) is 20.8 Å². The fraction of sp³-hybridized carbons (Fsp3) is 0.857. The Hall–Kier alpha value is -1.26. The van der Waals surface area contributed by atoms with Crippen molar-refractivity contribution in [1.29, 1.82) is 0 Å².